The van der Waals surface area contributed by atoms with Crippen molar-refractivity contribution in [3.63, 3.8) is 0 Å². The van der Waals surface area contributed by atoms with Crippen molar-refractivity contribution in [1.29, 1.82) is 0 Å². The van der Waals surface area contributed by atoms with Crippen molar-refractivity contribution in [3.05, 3.63) is 28.1 Å². The molecule has 0 bridgehead atoms. The first-order chi connectivity index (χ1) is 6.11. The van der Waals surface area contributed by atoms with Gasteiger partial charge in [0.2, 0.25) is 0 Å². The smallest absolute Gasteiger partial charge is 0.137 e. The number of hydrogen-bond acceptors (Lipinski definition) is 3. The second-order valence-electron chi connectivity index (χ2n) is 2.51. The van der Waals surface area contributed by atoms with Crippen molar-refractivity contribution < 1.29 is 0 Å². The largest absolute Gasteiger partial charge is 0.365 e. The van der Waals surface area contributed by atoms with Crippen LogP contribution in [0, 0.1) is 6.92 Å². The van der Waals surface area contributed by atoms with Gasteiger partial charge in [-0.25, -0.2) is 9.97 Å². The van der Waals surface area contributed by atoms with Crippen molar-refractivity contribution >= 4 is 33.3 Å². The molecular formula is C8H9BrClN3. The average Bonchev–Trinajstić information content (AvgIpc) is 2.07. The maximum Gasteiger partial charge on any atom is 0.137 e. The average molecular weight is 263 g/mol. The van der Waals surface area contributed by atoms with Gasteiger partial charge in [-0.1, -0.05) is 34.1 Å². The second kappa shape index (κ2) is 4.58. The van der Waals surface area contributed by atoms with Crippen molar-refractivity contribution in [2.24, 2.45) is 0 Å². The van der Waals surface area contributed by atoms with Crippen LogP contribution in [0.1, 0.15) is 5.56 Å². The Hall–Kier alpha value is -0.610. The molecule has 0 aromatic carbocycles. The quantitative estimate of drug-likeness (QED) is 0.851. The Kier molecular flexibility index (Phi) is 3.69. The molecule has 1 rings (SSSR count). The number of rotatable bonds is 3. The Bertz CT molecular complexity index is 327. The van der Waals surface area contributed by atoms with Crippen LogP contribution >= 0.6 is 27.5 Å². The normalized spacial score (nSPS) is 9.77. The number of nitrogens with one attached hydrogen (secondary N) is 1. The number of aromatic nitrogens is 2. The number of hydrogen-bond donors (Lipinski definition) is 1. The molecule has 0 atom stereocenters. The summed E-state index contributed by atoms with van der Waals surface area (Å²) in [6, 6.07) is 0. The fourth-order valence-corrected chi connectivity index (χ4v) is 1.06. The summed E-state index contributed by atoms with van der Waals surface area (Å²) in [5, 5.41) is 3.54. The lowest BCUT2D eigenvalue weighted by Crippen LogP contribution is -2.05. The van der Waals surface area contributed by atoms with E-state index in [2.05, 4.69) is 37.8 Å². The Morgan fingerprint density at radius 2 is 2.38 bits per heavy atom. The molecular weight excluding hydrogens is 253 g/mol. The predicted octanol–water partition coefficient (Wildman–Crippen LogP) is 2.76. The maximum absolute atomic E-state index is 5.80. The molecule has 0 radical (unpaired) electrons. The van der Waals surface area contributed by atoms with Gasteiger partial charge in [-0.15, -0.1) is 0 Å². The first-order valence-corrected chi connectivity index (χ1v) is 4.82. The minimum atomic E-state index is 0.470. The van der Waals surface area contributed by atoms with Crippen LogP contribution in [0.25, 0.3) is 0 Å². The zero-order valence-electron chi connectivity index (χ0n) is 7.14. The summed E-state index contributed by atoms with van der Waals surface area (Å²) in [7, 11) is 0. The van der Waals surface area contributed by atoms with Gasteiger partial charge < -0.3 is 5.32 Å². The van der Waals surface area contributed by atoms with E-state index in [9.17, 15) is 0 Å². The van der Waals surface area contributed by atoms with Crippen LogP contribution < -0.4 is 5.32 Å². The van der Waals surface area contributed by atoms with Crippen LogP contribution in [0.5, 0.6) is 0 Å². The molecule has 0 aliphatic carbocycles. The molecule has 0 fully saturated rings. The second-order valence-corrected chi connectivity index (χ2v) is 3.99. The van der Waals surface area contributed by atoms with E-state index in [1.165, 1.54) is 6.33 Å². The van der Waals surface area contributed by atoms with E-state index in [4.69, 9.17) is 11.6 Å². The van der Waals surface area contributed by atoms with Crippen molar-refractivity contribution in [2.45, 2.75) is 6.92 Å². The van der Waals surface area contributed by atoms with Crippen LogP contribution in [-0.4, -0.2) is 16.5 Å². The highest BCUT2D eigenvalue weighted by atomic mass is 79.9. The molecule has 1 heterocycles. The van der Waals surface area contributed by atoms with E-state index in [0.717, 1.165) is 15.9 Å². The predicted molar refractivity (Wildman–Crippen MR) is 58.3 cm³/mol. The van der Waals surface area contributed by atoms with Gasteiger partial charge >= 0.3 is 0 Å². The topological polar surface area (TPSA) is 37.8 Å². The molecule has 13 heavy (non-hydrogen) atoms. The first-order valence-electron chi connectivity index (χ1n) is 3.65. The molecule has 1 aromatic heterocycles. The molecule has 0 aliphatic rings. The molecule has 0 aliphatic heterocycles. The third-order valence-corrected chi connectivity index (χ3v) is 2.13. The summed E-state index contributed by atoms with van der Waals surface area (Å²) < 4.78 is 0.863. The van der Waals surface area contributed by atoms with Gasteiger partial charge in [-0.2, -0.15) is 0 Å². The summed E-state index contributed by atoms with van der Waals surface area (Å²) in [5.41, 5.74) is 0.845. The van der Waals surface area contributed by atoms with Crippen molar-refractivity contribution in [1.82, 2.24) is 9.97 Å². The highest BCUT2D eigenvalue weighted by Gasteiger charge is 2.03. The van der Waals surface area contributed by atoms with Crippen molar-refractivity contribution in [2.75, 3.05) is 11.9 Å². The number of nitrogens with zero attached hydrogens (tertiary/aromatic N) is 2. The lowest BCUT2D eigenvalue weighted by atomic mass is 10.3. The van der Waals surface area contributed by atoms with Crippen LogP contribution in [0.3, 0.4) is 0 Å². The summed E-state index contributed by atoms with van der Waals surface area (Å²) in [4.78, 5) is 7.89. The monoisotopic (exact) mass is 261 g/mol. The lowest BCUT2D eigenvalue weighted by Gasteiger charge is -2.07. The summed E-state index contributed by atoms with van der Waals surface area (Å²) in [6.45, 7) is 6.18. The lowest BCUT2D eigenvalue weighted by molar-refractivity contribution is 1.10. The number of halogens is 2. The van der Waals surface area contributed by atoms with Gasteiger partial charge in [0, 0.05) is 16.6 Å². The molecule has 5 heteroatoms. The van der Waals surface area contributed by atoms with Crippen LogP contribution in [0.4, 0.5) is 5.82 Å². The van der Waals surface area contributed by atoms with E-state index < -0.39 is 0 Å². The van der Waals surface area contributed by atoms with E-state index in [1.807, 2.05) is 6.92 Å². The van der Waals surface area contributed by atoms with Gasteiger partial charge in [0.25, 0.3) is 0 Å². The molecule has 0 unspecified atom stereocenters. The van der Waals surface area contributed by atoms with Crippen LogP contribution in [0.2, 0.25) is 5.15 Å². The highest BCUT2D eigenvalue weighted by Crippen LogP contribution is 2.18. The van der Waals surface area contributed by atoms with E-state index in [-0.39, 0.29) is 0 Å². The third-order valence-electron chi connectivity index (χ3n) is 1.47. The van der Waals surface area contributed by atoms with Gasteiger partial charge in [-0.3, -0.25) is 0 Å². The Balaban J connectivity index is 2.77. The SMILES string of the molecule is C=C(Br)CNc1ncnc(Cl)c1C. The van der Waals surface area contributed by atoms with Gasteiger partial charge in [-0.05, 0) is 6.92 Å². The molecule has 70 valence electrons. The molecule has 1 N–H and O–H groups in total. The summed E-state index contributed by atoms with van der Waals surface area (Å²) in [5.74, 6) is 0.737. The minimum absolute atomic E-state index is 0.470. The minimum Gasteiger partial charge on any atom is -0.365 e. The fraction of sp³-hybridized carbons (Fsp3) is 0.250. The molecule has 0 spiro atoms. The fourth-order valence-electron chi connectivity index (χ4n) is 0.786. The summed E-state index contributed by atoms with van der Waals surface area (Å²) >= 11 is 9.05. The molecule has 3 nitrogen and oxygen atoms in total. The Morgan fingerprint density at radius 1 is 1.69 bits per heavy atom. The standard InChI is InChI=1S/C8H9BrClN3/c1-5(9)3-11-8-6(2)7(10)12-4-13-8/h4H,1,3H2,2H3,(H,11,12,13). The zero-order valence-corrected chi connectivity index (χ0v) is 9.48. The molecule has 0 saturated carbocycles. The van der Waals surface area contributed by atoms with E-state index >= 15 is 0 Å². The molecule has 0 saturated heterocycles. The van der Waals surface area contributed by atoms with Gasteiger partial charge in [0.15, 0.2) is 0 Å². The van der Waals surface area contributed by atoms with Crippen molar-refractivity contribution in [3.8, 4) is 0 Å². The highest BCUT2D eigenvalue weighted by molar-refractivity contribution is 9.11. The van der Waals surface area contributed by atoms with Crippen LogP contribution in [0.15, 0.2) is 17.4 Å². The molecule has 0 amide bonds. The number of anilines is 1. The third kappa shape index (κ3) is 2.97. The van der Waals surface area contributed by atoms with Gasteiger partial charge in [0.05, 0.1) is 0 Å². The first kappa shape index (κ1) is 10.5. The van der Waals surface area contributed by atoms with E-state index in [1.54, 1.807) is 0 Å². The van der Waals surface area contributed by atoms with Gasteiger partial charge in [0.1, 0.15) is 17.3 Å². The maximum atomic E-state index is 5.80. The van der Waals surface area contributed by atoms with Crippen LogP contribution in [-0.2, 0) is 0 Å². The summed E-state index contributed by atoms with van der Waals surface area (Å²) in [6.07, 6.45) is 1.43. The Morgan fingerprint density at radius 3 is 3.00 bits per heavy atom. The Labute approximate surface area is 90.4 Å². The molecule has 1 aromatic rings. The zero-order chi connectivity index (χ0) is 9.84. The van der Waals surface area contributed by atoms with E-state index in [0.29, 0.717) is 11.7 Å².